The van der Waals surface area contributed by atoms with E-state index in [1.165, 1.54) is 23.9 Å². The molecule has 0 saturated heterocycles. The third kappa shape index (κ3) is 3.49. The maximum absolute atomic E-state index is 12.0. The van der Waals surface area contributed by atoms with E-state index in [1.807, 2.05) is 6.26 Å². The topological polar surface area (TPSA) is 81.5 Å². The highest BCUT2D eigenvalue weighted by atomic mass is 32.2. The van der Waals surface area contributed by atoms with E-state index < -0.39 is 10.8 Å². The Balaban J connectivity index is 2.11. The second-order valence-corrected chi connectivity index (χ2v) is 5.48. The Bertz CT molecular complexity index is 515. The minimum atomic E-state index is -0.570. The number of hydrogen-bond donors (Lipinski definition) is 1. The highest BCUT2D eigenvalue weighted by Gasteiger charge is 2.23. The molecule has 1 amide bonds. The van der Waals surface area contributed by atoms with Gasteiger partial charge in [0.1, 0.15) is 5.56 Å². The van der Waals surface area contributed by atoms with E-state index in [0.29, 0.717) is 0 Å². The van der Waals surface area contributed by atoms with Crippen molar-refractivity contribution in [2.45, 2.75) is 36.7 Å². The molecular formula is C13H16N2O4S. The first kappa shape index (κ1) is 14.8. The summed E-state index contributed by atoms with van der Waals surface area (Å²) in [5, 5.41) is 11.0. The number of thioether (sulfide) groups is 1. The van der Waals surface area contributed by atoms with E-state index in [1.54, 1.807) is 6.07 Å². The molecule has 20 heavy (non-hydrogen) atoms. The van der Waals surface area contributed by atoms with Crippen LogP contribution in [0, 0.1) is 10.1 Å². The lowest BCUT2D eigenvalue weighted by Crippen LogP contribution is -2.28. The fourth-order valence-electron chi connectivity index (χ4n) is 2.18. The Morgan fingerprint density at radius 1 is 1.45 bits per heavy atom. The van der Waals surface area contributed by atoms with Crippen LogP contribution in [-0.2, 0) is 4.84 Å². The van der Waals surface area contributed by atoms with Gasteiger partial charge in [0.05, 0.1) is 11.0 Å². The highest BCUT2D eigenvalue weighted by Crippen LogP contribution is 2.25. The van der Waals surface area contributed by atoms with E-state index in [4.69, 9.17) is 4.84 Å². The van der Waals surface area contributed by atoms with Crippen LogP contribution < -0.4 is 5.48 Å². The molecule has 7 heteroatoms. The maximum Gasteiger partial charge on any atom is 0.282 e. The Morgan fingerprint density at radius 3 is 2.75 bits per heavy atom. The number of nitro benzene ring substituents is 1. The summed E-state index contributed by atoms with van der Waals surface area (Å²) < 4.78 is 0. The number of nitrogens with zero attached hydrogens (tertiary/aromatic N) is 1. The molecule has 0 spiro atoms. The maximum atomic E-state index is 12.0. The average molecular weight is 296 g/mol. The third-order valence-corrected chi connectivity index (χ3v) is 3.99. The molecule has 0 bridgehead atoms. The van der Waals surface area contributed by atoms with Crippen molar-refractivity contribution in [1.82, 2.24) is 5.48 Å². The van der Waals surface area contributed by atoms with Crippen LogP contribution in [0.25, 0.3) is 0 Å². The van der Waals surface area contributed by atoms with Crippen molar-refractivity contribution in [1.29, 1.82) is 0 Å². The number of hydrogen-bond acceptors (Lipinski definition) is 5. The number of amides is 1. The van der Waals surface area contributed by atoms with Gasteiger partial charge in [0.25, 0.3) is 11.6 Å². The normalized spacial score (nSPS) is 15.2. The number of hydroxylamine groups is 1. The van der Waals surface area contributed by atoms with Gasteiger partial charge in [-0.2, -0.15) is 0 Å². The Labute approximate surface area is 121 Å². The summed E-state index contributed by atoms with van der Waals surface area (Å²) in [5.74, 6) is -0.570. The van der Waals surface area contributed by atoms with Crippen molar-refractivity contribution < 1.29 is 14.6 Å². The molecule has 0 aliphatic heterocycles. The van der Waals surface area contributed by atoms with Crippen LogP contribution in [0.4, 0.5) is 5.69 Å². The number of benzene rings is 1. The van der Waals surface area contributed by atoms with Crippen molar-refractivity contribution in [2.24, 2.45) is 0 Å². The monoisotopic (exact) mass is 296 g/mol. The zero-order valence-electron chi connectivity index (χ0n) is 11.1. The molecule has 1 aliphatic carbocycles. The van der Waals surface area contributed by atoms with Crippen LogP contribution in [0.15, 0.2) is 23.1 Å². The quantitative estimate of drug-likeness (QED) is 0.513. The van der Waals surface area contributed by atoms with E-state index in [0.717, 1.165) is 30.6 Å². The molecule has 0 heterocycles. The first-order chi connectivity index (χ1) is 9.61. The highest BCUT2D eigenvalue weighted by molar-refractivity contribution is 7.98. The summed E-state index contributed by atoms with van der Waals surface area (Å²) in [6, 6.07) is 4.48. The van der Waals surface area contributed by atoms with Gasteiger partial charge in [-0.05, 0) is 31.2 Å². The van der Waals surface area contributed by atoms with Crippen molar-refractivity contribution in [3.63, 3.8) is 0 Å². The van der Waals surface area contributed by atoms with Crippen LogP contribution in [0.5, 0.6) is 0 Å². The molecule has 1 saturated carbocycles. The lowest BCUT2D eigenvalue weighted by Gasteiger charge is -2.11. The minimum Gasteiger partial charge on any atom is -0.270 e. The molecule has 0 aromatic heterocycles. The first-order valence-electron chi connectivity index (χ1n) is 6.40. The van der Waals surface area contributed by atoms with Crippen molar-refractivity contribution in [3.05, 3.63) is 33.9 Å². The summed E-state index contributed by atoms with van der Waals surface area (Å²) >= 11 is 1.42. The number of carbonyl (C=O) groups is 1. The van der Waals surface area contributed by atoms with Gasteiger partial charge < -0.3 is 0 Å². The Morgan fingerprint density at radius 2 is 2.15 bits per heavy atom. The molecule has 1 fully saturated rings. The third-order valence-electron chi connectivity index (χ3n) is 3.27. The number of rotatable bonds is 5. The predicted octanol–water partition coefficient (Wildman–Crippen LogP) is 2.92. The van der Waals surface area contributed by atoms with Crippen molar-refractivity contribution in [2.75, 3.05) is 6.26 Å². The van der Waals surface area contributed by atoms with Gasteiger partial charge >= 0.3 is 0 Å². The average Bonchev–Trinajstić information content (AvgIpc) is 2.97. The van der Waals surface area contributed by atoms with Gasteiger partial charge in [0.15, 0.2) is 0 Å². The molecule has 2 rings (SSSR count). The molecule has 0 radical (unpaired) electrons. The zero-order valence-corrected chi connectivity index (χ0v) is 11.9. The molecule has 6 nitrogen and oxygen atoms in total. The fourth-order valence-corrected chi connectivity index (χ4v) is 2.62. The molecular weight excluding hydrogens is 280 g/mol. The lowest BCUT2D eigenvalue weighted by molar-refractivity contribution is -0.385. The smallest absolute Gasteiger partial charge is 0.270 e. The van der Waals surface area contributed by atoms with E-state index in [-0.39, 0.29) is 17.4 Å². The van der Waals surface area contributed by atoms with Gasteiger partial charge in [0.2, 0.25) is 0 Å². The number of nitro groups is 1. The van der Waals surface area contributed by atoms with E-state index in [9.17, 15) is 14.9 Å². The minimum absolute atomic E-state index is 0.0155. The Hall–Kier alpha value is -1.60. The van der Waals surface area contributed by atoms with Crippen LogP contribution >= 0.6 is 11.8 Å². The molecule has 0 atom stereocenters. The second kappa shape index (κ2) is 6.71. The van der Waals surface area contributed by atoms with Crippen LogP contribution in [0.2, 0.25) is 0 Å². The van der Waals surface area contributed by atoms with Crippen molar-refractivity contribution >= 4 is 23.4 Å². The van der Waals surface area contributed by atoms with Gasteiger partial charge in [0, 0.05) is 11.0 Å². The van der Waals surface area contributed by atoms with Crippen LogP contribution in [0.1, 0.15) is 36.0 Å². The largest absolute Gasteiger partial charge is 0.282 e. The SMILES string of the molecule is CSc1ccc([N+](=O)[O-])c(C(=O)NOC2CCCC2)c1. The van der Waals surface area contributed by atoms with Crippen LogP contribution in [0.3, 0.4) is 0 Å². The van der Waals surface area contributed by atoms with E-state index in [2.05, 4.69) is 5.48 Å². The second-order valence-electron chi connectivity index (χ2n) is 4.60. The predicted molar refractivity (Wildman–Crippen MR) is 75.7 cm³/mol. The van der Waals surface area contributed by atoms with E-state index >= 15 is 0 Å². The summed E-state index contributed by atoms with van der Waals surface area (Å²) in [6.45, 7) is 0. The summed E-state index contributed by atoms with van der Waals surface area (Å²) in [5.41, 5.74) is 2.15. The summed E-state index contributed by atoms with van der Waals surface area (Å²) in [7, 11) is 0. The summed E-state index contributed by atoms with van der Waals surface area (Å²) in [4.78, 5) is 28.5. The van der Waals surface area contributed by atoms with Gasteiger partial charge in [-0.15, -0.1) is 11.8 Å². The first-order valence-corrected chi connectivity index (χ1v) is 7.62. The fraction of sp³-hybridized carbons (Fsp3) is 0.462. The van der Waals surface area contributed by atoms with Crippen LogP contribution in [-0.4, -0.2) is 23.2 Å². The Kier molecular flexibility index (Phi) is 4.97. The molecule has 0 unspecified atom stereocenters. The van der Waals surface area contributed by atoms with Gasteiger partial charge in [-0.25, -0.2) is 5.48 Å². The standard InChI is InChI=1S/C13H16N2O4S/c1-20-10-6-7-12(15(17)18)11(8-10)13(16)14-19-9-4-2-3-5-9/h6-9H,2-5H2,1H3,(H,14,16). The molecule has 1 aromatic rings. The number of carbonyl (C=O) groups excluding carboxylic acids is 1. The molecule has 108 valence electrons. The summed E-state index contributed by atoms with van der Waals surface area (Å²) in [6.07, 6.45) is 5.85. The number of nitrogens with one attached hydrogen (secondary N) is 1. The van der Waals surface area contributed by atoms with Gasteiger partial charge in [-0.3, -0.25) is 19.7 Å². The van der Waals surface area contributed by atoms with Gasteiger partial charge in [-0.1, -0.05) is 12.8 Å². The molecule has 1 N–H and O–H groups in total. The lowest BCUT2D eigenvalue weighted by atomic mass is 10.2. The molecule has 1 aliphatic rings. The van der Waals surface area contributed by atoms with Crippen molar-refractivity contribution in [3.8, 4) is 0 Å². The molecule has 1 aromatic carbocycles. The zero-order chi connectivity index (χ0) is 14.5.